The molecule has 0 bridgehead atoms. The smallest absolute Gasteiger partial charge is 0.0638 e. The van der Waals surface area contributed by atoms with Gasteiger partial charge in [-0.2, -0.15) is 0 Å². The number of rotatable bonds is 2. The van der Waals surface area contributed by atoms with E-state index in [1.54, 1.807) is 0 Å². The van der Waals surface area contributed by atoms with Gasteiger partial charge in [0.1, 0.15) is 0 Å². The van der Waals surface area contributed by atoms with Gasteiger partial charge in [-0.25, -0.2) is 0 Å². The summed E-state index contributed by atoms with van der Waals surface area (Å²) in [6, 6.07) is 0. The third-order valence-electron chi connectivity index (χ3n) is 2.94. The largest absolute Gasteiger partial charge is 0.402 e. The molecule has 2 N–H and O–H groups in total. The monoisotopic (exact) mass is 220 g/mol. The van der Waals surface area contributed by atoms with Crippen LogP contribution in [0.2, 0.25) is 0 Å². The highest BCUT2D eigenvalue weighted by atomic mass is 14.8. The minimum atomic E-state index is 0.168. The Balaban J connectivity index is 3.11. The highest BCUT2D eigenvalue weighted by Gasteiger charge is 2.22. The summed E-state index contributed by atoms with van der Waals surface area (Å²) in [6.45, 7) is 10.8. The summed E-state index contributed by atoms with van der Waals surface area (Å²) in [5.74, 6) is 0. The number of allylic oxidation sites excluding steroid dienone is 3. The molecule has 0 saturated carbocycles. The van der Waals surface area contributed by atoms with Gasteiger partial charge >= 0.3 is 0 Å². The van der Waals surface area contributed by atoms with Crippen LogP contribution in [0.3, 0.4) is 0 Å². The van der Waals surface area contributed by atoms with E-state index >= 15 is 0 Å². The fraction of sp³-hybridized carbons (Fsp3) is 0.643. The zero-order chi connectivity index (χ0) is 12.3. The zero-order valence-electron chi connectivity index (χ0n) is 11.2. The lowest BCUT2D eigenvalue weighted by Gasteiger charge is -2.26. The maximum absolute atomic E-state index is 5.75. The summed E-state index contributed by atoms with van der Waals surface area (Å²) >= 11 is 0. The van der Waals surface area contributed by atoms with Crippen molar-refractivity contribution in [3.8, 4) is 0 Å². The molecule has 1 aliphatic heterocycles. The van der Waals surface area contributed by atoms with E-state index in [-0.39, 0.29) is 5.41 Å². The van der Waals surface area contributed by atoms with Crippen LogP contribution in [0.5, 0.6) is 0 Å². The van der Waals surface area contributed by atoms with Crippen molar-refractivity contribution in [2.75, 3.05) is 0 Å². The number of hydrogen-bond donors (Lipinski definition) is 1. The first-order valence-electron chi connectivity index (χ1n) is 6.08. The van der Waals surface area contributed by atoms with Crippen LogP contribution in [0.4, 0.5) is 0 Å². The maximum atomic E-state index is 5.75. The SMILES string of the molecule is CCC1=C(/C=C(\C)N)N=C(C(C)(C)C)CC1. The molecular formula is C14H24N2. The molecule has 0 saturated heterocycles. The summed E-state index contributed by atoms with van der Waals surface area (Å²) in [5.41, 5.74) is 10.6. The van der Waals surface area contributed by atoms with Gasteiger partial charge in [0.25, 0.3) is 0 Å². The Morgan fingerprint density at radius 1 is 1.38 bits per heavy atom. The molecule has 0 aromatic carbocycles. The molecule has 2 nitrogen and oxygen atoms in total. The third kappa shape index (κ3) is 3.22. The van der Waals surface area contributed by atoms with E-state index in [1.165, 1.54) is 11.3 Å². The van der Waals surface area contributed by atoms with E-state index in [1.807, 2.05) is 13.0 Å². The average Bonchev–Trinajstić information content (AvgIpc) is 2.15. The second-order valence-electron chi connectivity index (χ2n) is 5.54. The fourth-order valence-electron chi connectivity index (χ4n) is 1.93. The van der Waals surface area contributed by atoms with Gasteiger partial charge in [0.15, 0.2) is 0 Å². The fourth-order valence-corrected chi connectivity index (χ4v) is 1.93. The van der Waals surface area contributed by atoms with E-state index < -0.39 is 0 Å². The second-order valence-corrected chi connectivity index (χ2v) is 5.54. The van der Waals surface area contributed by atoms with E-state index in [0.717, 1.165) is 30.7 Å². The Morgan fingerprint density at radius 3 is 2.44 bits per heavy atom. The van der Waals surface area contributed by atoms with E-state index in [4.69, 9.17) is 10.7 Å². The van der Waals surface area contributed by atoms with E-state index in [2.05, 4.69) is 27.7 Å². The van der Waals surface area contributed by atoms with Gasteiger partial charge < -0.3 is 5.73 Å². The number of nitrogens with two attached hydrogens (primary N) is 1. The maximum Gasteiger partial charge on any atom is 0.0638 e. The van der Waals surface area contributed by atoms with Crippen LogP contribution in [-0.4, -0.2) is 5.71 Å². The Labute approximate surface area is 99.3 Å². The van der Waals surface area contributed by atoms with Gasteiger partial charge in [-0.05, 0) is 37.8 Å². The molecule has 0 aromatic rings. The molecule has 16 heavy (non-hydrogen) atoms. The number of hydrogen-bond acceptors (Lipinski definition) is 2. The first kappa shape index (κ1) is 13.0. The van der Waals surface area contributed by atoms with Crippen molar-refractivity contribution in [2.24, 2.45) is 16.1 Å². The van der Waals surface area contributed by atoms with Gasteiger partial charge in [-0.1, -0.05) is 27.7 Å². The number of aliphatic imine (C=N–C) groups is 1. The highest BCUT2D eigenvalue weighted by Crippen LogP contribution is 2.30. The van der Waals surface area contributed by atoms with Crippen LogP contribution in [0, 0.1) is 5.41 Å². The van der Waals surface area contributed by atoms with Crippen molar-refractivity contribution in [3.63, 3.8) is 0 Å². The standard InChI is InChI=1S/C14H24N2/c1-6-11-7-8-13(14(3,4)5)16-12(11)9-10(2)15/h9H,6-8,15H2,1-5H3/b10-9+. The Hall–Kier alpha value is -1.05. The first-order chi connectivity index (χ1) is 7.34. The Kier molecular flexibility index (Phi) is 3.95. The lowest BCUT2D eigenvalue weighted by atomic mass is 9.84. The summed E-state index contributed by atoms with van der Waals surface area (Å²) < 4.78 is 0. The molecular weight excluding hydrogens is 196 g/mol. The summed E-state index contributed by atoms with van der Waals surface area (Å²) in [6.07, 6.45) is 5.29. The highest BCUT2D eigenvalue weighted by molar-refractivity contribution is 5.91. The Morgan fingerprint density at radius 2 is 2.00 bits per heavy atom. The van der Waals surface area contributed by atoms with Gasteiger partial charge in [0.05, 0.1) is 5.70 Å². The molecule has 0 fully saturated rings. The van der Waals surface area contributed by atoms with Crippen molar-refractivity contribution >= 4 is 5.71 Å². The van der Waals surface area contributed by atoms with Crippen LogP contribution in [-0.2, 0) is 0 Å². The molecule has 0 atom stereocenters. The topological polar surface area (TPSA) is 38.4 Å². The molecule has 0 aliphatic carbocycles. The van der Waals surface area contributed by atoms with Crippen LogP contribution in [0.25, 0.3) is 0 Å². The minimum absolute atomic E-state index is 0.168. The van der Waals surface area contributed by atoms with Crippen molar-refractivity contribution in [2.45, 2.75) is 53.9 Å². The van der Waals surface area contributed by atoms with Gasteiger partial charge in [0, 0.05) is 16.8 Å². The lowest BCUT2D eigenvalue weighted by Crippen LogP contribution is -2.23. The molecule has 1 rings (SSSR count). The molecule has 0 unspecified atom stereocenters. The molecule has 0 radical (unpaired) electrons. The van der Waals surface area contributed by atoms with Crippen molar-refractivity contribution in [1.29, 1.82) is 0 Å². The molecule has 1 heterocycles. The van der Waals surface area contributed by atoms with Gasteiger partial charge in [0.2, 0.25) is 0 Å². The van der Waals surface area contributed by atoms with Crippen LogP contribution in [0.15, 0.2) is 28.0 Å². The lowest BCUT2D eigenvalue weighted by molar-refractivity contribution is 0.570. The molecule has 0 spiro atoms. The normalized spacial score (nSPS) is 18.8. The minimum Gasteiger partial charge on any atom is -0.402 e. The van der Waals surface area contributed by atoms with E-state index in [9.17, 15) is 0 Å². The molecule has 0 amide bonds. The predicted molar refractivity (Wildman–Crippen MR) is 71.4 cm³/mol. The average molecular weight is 220 g/mol. The molecule has 0 aromatic heterocycles. The Bertz CT molecular complexity index is 347. The first-order valence-corrected chi connectivity index (χ1v) is 6.08. The van der Waals surface area contributed by atoms with Crippen molar-refractivity contribution < 1.29 is 0 Å². The van der Waals surface area contributed by atoms with Gasteiger partial charge in [-0.15, -0.1) is 0 Å². The van der Waals surface area contributed by atoms with E-state index in [0.29, 0.717) is 0 Å². The van der Waals surface area contributed by atoms with Crippen LogP contribution < -0.4 is 5.73 Å². The third-order valence-corrected chi connectivity index (χ3v) is 2.94. The van der Waals surface area contributed by atoms with Crippen LogP contribution in [0.1, 0.15) is 53.9 Å². The second kappa shape index (κ2) is 4.86. The quantitative estimate of drug-likeness (QED) is 0.755. The molecule has 90 valence electrons. The van der Waals surface area contributed by atoms with Crippen LogP contribution >= 0.6 is 0 Å². The summed E-state index contributed by atoms with van der Waals surface area (Å²) in [7, 11) is 0. The molecule has 2 heteroatoms. The molecule has 1 aliphatic rings. The number of nitrogens with zero attached hydrogens (tertiary/aromatic N) is 1. The van der Waals surface area contributed by atoms with Gasteiger partial charge in [-0.3, -0.25) is 4.99 Å². The summed E-state index contributed by atoms with van der Waals surface area (Å²) in [4.78, 5) is 4.79. The zero-order valence-corrected chi connectivity index (χ0v) is 11.2. The van der Waals surface area contributed by atoms with Crippen molar-refractivity contribution in [3.05, 3.63) is 23.0 Å². The van der Waals surface area contributed by atoms with Crippen molar-refractivity contribution in [1.82, 2.24) is 0 Å². The predicted octanol–water partition coefficient (Wildman–Crippen LogP) is 3.79. The summed E-state index contributed by atoms with van der Waals surface area (Å²) in [5, 5.41) is 0.